The highest BCUT2D eigenvalue weighted by Gasteiger charge is 2.31. The highest BCUT2D eigenvalue weighted by atomic mass is 32.1. The molecule has 0 bridgehead atoms. The zero-order chi connectivity index (χ0) is 21.0. The Kier molecular flexibility index (Phi) is 6.58. The average molecular weight is 430 g/mol. The first-order valence-corrected chi connectivity index (χ1v) is 10.0. The van der Waals surface area contributed by atoms with Gasteiger partial charge in [-0.05, 0) is 31.4 Å². The Bertz CT molecular complexity index is 887. The van der Waals surface area contributed by atoms with Crippen LogP contribution in [-0.2, 0) is 9.59 Å². The van der Waals surface area contributed by atoms with E-state index in [0.29, 0.717) is 16.8 Å². The molecule has 2 amide bonds. The molecule has 3 rings (SSSR count). The van der Waals surface area contributed by atoms with E-state index in [9.17, 15) is 22.8 Å². The molecule has 0 spiro atoms. The first kappa shape index (κ1) is 21.3. The lowest BCUT2D eigenvalue weighted by Gasteiger charge is -2.35. The van der Waals surface area contributed by atoms with Crippen LogP contribution >= 0.6 is 11.3 Å². The summed E-state index contributed by atoms with van der Waals surface area (Å²) in [4.78, 5) is 30.6. The number of ether oxygens (including phenoxy) is 1. The summed E-state index contributed by atoms with van der Waals surface area (Å²) >= 11 is 1.06. The number of anilines is 1. The first-order valence-electron chi connectivity index (χ1n) is 9.21. The predicted molar refractivity (Wildman–Crippen MR) is 103 cm³/mol. The summed E-state index contributed by atoms with van der Waals surface area (Å²) in [6.45, 7) is 0.875. The third-order valence-corrected chi connectivity index (χ3v) is 5.50. The third kappa shape index (κ3) is 5.80. The minimum Gasteiger partial charge on any atom is -0.406 e. The maximum atomic E-state index is 12.5. The van der Waals surface area contributed by atoms with Crippen LogP contribution < -0.4 is 15.8 Å². The number of aromatic nitrogens is 1. The summed E-state index contributed by atoms with van der Waals surface area (Å²) in [6.07, 6.45) is -1.82. The second-order valence-corrected chi connectivity index (χ2v) is 7.75. The van der Waals surface area contributed by atoms with Gasteiger partial charge in [0.1, 0.15) is 5.75 Å². The lowest BCUT2D eigenvalue weighted by atomic mass is 9.98. The van der Waals surface area contributed by atoms with E-state index < -0.39 is 6.36 Å². The fraction of sp³-hybridized carbons (Fsp3) is 0.500. The highest BCUT2D eigenvalue weighted by molar-refractivity contribution is 7.22. The van der Waals surface area contributed by atoms with Crippen molar-refractivity contribution in [3.63, 3.8) is 0 Å². The Morgan fingerprint density at radius 3 is 2.86 bits per heavy atom. The molecular weight excluding hydrogens is 409 g/mol. The molecular formula is C18H21F3N4O3S. The third-order valence-electron chi connectivity index (χ3n) is 4.57. The second-order valence-electron chi connectivity index (χ2n) is 6.72. The summed E-state index contributed by atoms with van der Waals surface area (Å²) in [7, 11) is 0. The molecule has 1 aliphatic heterocycles. The van der Waals surface area contributed by atoms with Crippen LogP contribution in [0.1, 0.15) is 32.1 Å². The number of nitrogens with two attached hydrogens (primary N) is 1. The smallest absolute Gasteiger partial charge is 0.406 e. The van der Waals surface area contributed by atoms with Gasteiger partial charge in [-0.1, -0.05) is 11.3 Å². The van der Waals surface area contributed by atoms with Crippen molar-refractivity contribution >= 4 is 38.5 Å². The number of thiazole rings is 1. The quantitative estimate of drug-likeness (QED) is 0.733. The Balaban J connectivity index is 1.65. The van der Waals surface area contributed by atoms with E-state index in [1.807, 2.05) is 0 Å². The zero-order valence-electron chi connectivity index (χ0n) is 15.5. The number of rotatable bonds is 6. The number of alkyl halides is 3. The van der Waals surface area contributed by atoms with Crippen LogP contribution in [0, 0.1) is 0 Å². The van der Waals surface area contributed by atoms with Crippen LogP contribution in [0.25, 0.3) is 10.2 Å². The molecule has 2 aromatic rings. The average Bonchev–Trinajstić information content (AvgIpc) is 3.02. The van der Waals surface area contributed by atoms with Crippen molar-refractivity contribution in [2.75, 3.05) is 18.4 Å². The van der Waals surface area contributed by atoms with E-state index in [0.717, 1.165) is 30.6 Å². The molecule has 1 aromatic carbocycles. The standard InChI is InChI=1S/C18H21F3N4O3S/c19-18(20,21)28-12-4-5-13-14(10-12)29-17(23-13)24-15(26)9-11-3-1-2-8-25(11)16(27)6-7-22/h4-5,10-11H,1-3,6-9,22H2,(H,23,24,26)/t11-/m0/s1. The van der Waals surface area contributed by atoms with Crippen molar-refractivity contribution in [2.45, 2.75) is 44.5 Å². The summed E-state index contributed by atoms with van der Waals surface area (Å²) < 4.78 is 41.4. The maximum absolute atomic E-state index is 12.5. The fourth-order valence-corrected chi connectivity index (χ4v) is 4.26. The van der Waals surface area contributed by atoms with Gasteiger partial charge in [0.2, 0.25) is 11.8 Å². The van der Waals surface area contributed by atoms with Crippen LogP contribution in [0.4, 0.5) is 18.3 Å². The van der Waals surface area contributed by atoms with Gasteiger partial charge in [0.15, 0.2) is 5.13 Å². The van der Waals surface area contributed by atoms with Crippen LogP contribution in [0.3, 0.4) is 0 Å². The van der Waals surface area contributed by atoms with Crippen LogP contribution in [0.5, 0.6) is 5.75 Å². The van der Waals surface area contributed by atoms with Gasteiger partial charge in [-0.25, -0.2) is 4.98 Å². The Morgan fingerprint density at radius 1 is 1.34 bits per heavy atom. The van der Waals surface area contributed by atoms with E-state index in [4.69, 9.17) is 5.73 Å². The summed E-state index contributed by atoms with van der Waals surface area (Å²) in [5, 5.41) is 2.96. The van der Waals surface area contributed by atoms with E-state index in [-0.39, 0.29) is 48.1 Å². The molecule has 1 fully saturated rings. The molecule has 0 radical (unpaired) electrons. The van der Waals surface area contributed by atoms with E-state index in [1.54, 1.807) is 4.90 Å². The maximum Gasteiger partial charge on any atom is 0.573 e. The van der Waals surface area contributed by atoms with E-state index >= 15 is 0 Å². The van der Waals surface area contributed by atoms with Gasteiger partial charge >= 0.3 is 6.36 Å². The molecule has 1 saturated heterocycles. The number of hydrogen-bond acceptors (Lipinski definition) is 6. The van der Waals surface area contributed by atoms with Crippen molar-refractivity contribution in [1.29, 1.82) is 0 Å². The Hall–Kier alpha value is -2.40. The molecule has 158 valence electrons. The van der Waals surface area contributed by atoms with Gasteiger partial charge in [0, 0.05) is 38.0 Å². The largest absolute Gasteiger partial charge is 0.573 e. The van der Waals surface area contributed by atoms with Gasteiger partial charge < -0.3 is 20.7 Å². The number of benzene rings is 1. The molecule has 1 atom stereocenters. The minimum atomic E-state index is -4.78. The molecule has 7 nitrogen and oxygen atoms in total. The number of likely N-dealkylation sites (tertiary alicyclic amines) is 1. The van der Waals surface area contributed by atoms with E-state index in [2.05, 4.69) is 15.0 Å². The molecule has 0 saturated carbocycles. The number of piperidine rings is 1. The Morgan fingerprint density at radius 2 is 2.14 bits per heavy atom. The number of carbonyl (C=O) groups is 2. The summed E-state index contributed by atoms with van der Waals surface area (Å²) in [5.41, 5.74) is 5.92. The predicted octanol–water partition coefficient (Wildman–Crippen LogP) is 3.25. The molecule has 1 aromatic heterocycles. The number of halogens is 3. The van der Waals surface area contributed by atoms with Crippen LogP contribution in [0.15, 0.2) is 18.2 Å². The lowest BCUT2D eigenvalue weighted by Crippen LogP contribution is -2.45. The number of nitrogens with zero attached hydrogens (tertiary/aromatic N) is 2. The summed E-state index contributed by atoms with van der Waals surface area (Å²) in [5.74, 6) is -0.696. The monoisotopic (exact) mass is 430 g/mol. The number of hydrogen-bond donors (Lipinski definition) is 2. The van der Waals surface area contributed by atoms with Crippen molar-refractivity contribution in [1.82, 2.24) is 9.88 Å². The normalized spacial score (nSPS) is 17.4. The Labute approximate surface area is 169 Å². The number of nitrogens with one attached hydrogen (secondary N) is 1. The van der Waals surface area contributed by atoms with Gasteiger partial charge in [-0.3, -0.25) is 9.59 Å². The highest BCUT2D eigenvalue weighted by Crippen LogP contribution is 2.32. The molecule has 0 aliphatic carbocycles. The van der Waals surface area contributed by atoms with Crippen molar-refractivity contribution in [2.24, 2.45) is 5.73 Å². The lowest BCUT2D eigenvalue weighted by molar-refractivity contribution is -0.274. The SMILES string of the molecule is NCCC(=O)N1CCCC[C@H]1CC(=O)Nc1nc2ccc(OC(F)(F)F)cc2s1. The van der Waals surface area contributed by atoms with Gasteiger partial charge in [0.25, 0.3) is 0 Å². The molecule has 3 N–H and O–H groups in total. The van der Waals surface area contributed by atoms with Crippen LogP contribution in [0.2, 0.25) is 0 Å². The molecule has 11 heteroatoms. The minimum absolute atomic E-state index is 0.0535. The summed E-state index contributed by atoms with van der Waals surface area (Å²) in [6, 6.07) is 3.61. The van der Waals surface area contributed by atoms with Crippen molar-refractivity contribution in [3.8, 4) is 5.75 Å². The van der Waals surface area contributed by atoms with Crippen molar-refractivity contribution in [3.05, 3.63) is 18.2 Å². The zero-order valence-corrected chi connectivity index (χ0v) is 16.3. The van der Waals surface area contributed by atoms with E-state index in [1.165, 1.54) is 18.2 Å². The van der Waals surface area contributed by atoms with Gasteiger partial charge in [-0.2, -0.15) is 0 Å². The number of fused-ring (bicyclic) bond motifs is 1. The molecule has 29 heavy (non-hydrogen) atoms. The van der Waals surface area contributed by atoms with Gasteiger partial charge in [0.05, 0.1) is 10.2 Å². The second kappa shape index (κ2) is 8.95. The fourth-order valence-electron chi connectivity index (χ4n) is 3.35. The molecule has 1 aliphatic rings. The van der Waals surface area contributed by atoms with Crippen molar-refractivity contribution < 1.29 is 27.5 Å². The van der Waals surface area contributed by atoms with Gasteiger partial charge in [-0.15, -0.1) is 13.2 Å². The number of amides is 2. The van der Waals surface area contributed by atoms with Crippen LogP contribution in [-0.4, -0.2) is 47.2 Å². The topological polar surface area (TPSA) is 97.6 Å². The number of carbonyl (C=O) groups excluding carboxylic acids is 2. The molecule has 2 heterocycles. The first-order chi connectivity index (χ1) is 13.7. The molecule has 0 unspecified atom stereocenters.